The van der Waals surface area contributed by atoms with Crippen LogP contribution in [0.2, 0.25) is 0 Å². The molecule has 0 aliphatic rings. The van der Waals surface area contributed by atoms with Gasteiger partial charge in [0, 0.05) is 13.6 Å². The molecule has 0 radical (unpaired) electrons. The molecule has 0 bridgehead atoms. The van der Waals surface area contributed by atoms with Gasteiger partial charge in [-0.05, 0) is 24.3 Å². The van der Waals surface area contributed by atoms with E-state index in [-0.39, 0.29) is 5.91 Å². The third kappa shape index (κ3) is 4.78. The average Bonchev–Trinajstić information content (AvgIpc) is 2.95. The molecule has 0 N–H and O–H groups in total. The molecule has 0 unspecified atom stereocenters. The fourth-order valence-electron chi connectivity index (χ4n) is 1.84. The van der Waals surface area contributed by atoms with Crippen molar-refractivity contribution in [1.29, 1.82) is 0 Å². The molecule has 0 aliphatic carbocycles. The van der Waals surface area contributed by atoms with Crippen molar-refractivity contribution in [2.45, 2.75) is 24.4 Å². The molecule has 1 heterocycles. The van der Waals surface area contributed by atoms with Crippen molar-refractivity contribution in [3.8, 4) is 0 Å². The molecule has 0 saturated heterocycles. The number of rotatable bonds is 7. The van der Waals surface area contributed by atoms with Crippen LogP contribution in [0.25, 0.3) is 0 Å². The van der Waals surface area contributed by atoms with Crippen LogP contribution >= 0.6 is 23.5 Å². The van der Waals surface area contributed by atoms with E-state index in [9.17, 15) is 4.79 Å². The molecule has 118 valence electrons. The lowest BCUT2D eigenvalue weighted by Crippen LogP contribution is -2.28. The van der Waals surface area contributed by atoms with Crippen molar-refractivity contribution in [1.82, 2.24) is 15.1 Å². The van der Waals surface area contributed by atoms with Crippen LogP contribution < -0.4 is 0 Å². The first-order valence-electron chi connectivity index (χ1n) is 6.82. The highest BCUT2D eigenvalue weighted by Gasteiger charge is 2.13. The number of aromatic nitrogens is 2. The van der Waals surface area contributed by atoms with Crippen molar-refractivity contribution < 1.29 is 9.21 Å². The minimum absolute atomic E-state index is 0.0397. The summed E-state index contributed by atoms with van der Waals surface area (Å²) in [4.78, 5) is 13.9. The van der Waals surface area contributed by atoms with E-state index in [0.29, 0.717) is 29.2 Å². The van der Waals surface area contributed by atoms with Crippen LogP contribution in [-0.2, 0) is 17.1 Å². The highest BCUT2D eigenvalue weighted by molar-refractivity contribution is 7.99. The normalized spacial score (nSPS) is 10.7. The predicted octanol–water partition coefficient (Wildman–Crippen LogP) is 2.99. The van der Waals surface area contributed by atoms with Gasteiger partial charge in [-0.2, -0.15) is 11.8 Å². The Balaban J connectivity index is 1.84. The second kappa shape index (κ2) is 8.24. The largest absolute Gasteiger partial charge is 0.415 e. The molecule has 1 aromatic heterocycles. The van der Waals surface area contributed by atoms with Gasteiger partial charge in [0.25, 0.3) is 5.22 Å². The molecule has 5 nitrogen and oxygen atoms in total. The molecule has 1 aromatic carbocycles. The standard InChI is InChI=1S/C15H19N3O2S2/c1-11-6-4-5-7-12(11)8-18(2)14(19)10-22-15-17-16-13(20-15)9-21-3/h4-7H,8-10H2,1-3H3. The quantitative estimate of drug-likeness (QED) is 0.724. The average molecular weight is 337 g/mol. The maximum atomic E-state index is 12.2. The molecule has 1 amide bonds. The topological polar surface area (TPSA) is 59.2 Å². The number of carbonyl (C=O) groups excluding carboxylic acids is 1. The summed E-state index contributed by atoms with van der Waals surface area (Å²) in [6.45, 7) is 2.65. The smallest absolute Gasteiger partial charge is 0.277 e. The summed E-state index contributed by atoms with van der Waals surface area (Å²) in [7, 11) is 1.81. The van der Waals surface area contributed by atoms with Gasteiger partial charge >= 0.3 is 0 Å². The van der Waals surface area contributed by atoms with Crippen molar-refractivity contribution in [3.05, 3.63) is 41.3 Å². The van der Waals surface area contributed by atoms with Gasteiger partial charge in [0.15, 0.2) is 0 Å². The second-order valence-corrected chi connectivity index (χ2v) is 6.65. The summed E-state index contributed by atoms with van der Waals surface area (Å²) in [6, 6.07) is 8.08. The molecular formula is C15H19N3O2S2. The Bertz CT molecular complexity index is 631. The van der Waals surface area contributed by atoms with Crippen LogP contribution in [-0.4, -0.2) is 40.1 Å². The van der Waals surface area contributed by atoms with Gasteiger partial charge in [0.2, 0.25) is 11.8 Å². The highest BCUT2D eigenvalue weighted by Crippen LogP contribution is 2.19. The molecule has 0 saturated carbocycles. The van der Waals surface area contributed by atoms with Crippen LogP contribution in [0.1, 0.15) is 17.0 Å². The summed E-state index contributed by atoms with van der Waals surface area (Å²) in [5.41, 5.74) is 2.34. The lowest BCUT2D eigenvalue weighted by Gasteiger charge is -2.17. The fraction of sp³-hybridized carbons (Fsp3) is 0.400. The van der Waals surface area contributed by atoms with Crippen LogP contribution in [0.5, 0.6) is 0 Å². The Morgan fingerprint density at radius 1 is 1.32 bits per heavy atom. The summed E-state index contributed by atoms with van der Waals surface area (Å²) in [6.07, 6.45) is 1.97. The van der Waals surface area contributed by atoms with Gasteiger partial charge in [-0.3, -0.25) is 4.79 Å². The number of hydrogen-bond acceptors (Lipinski definition) is 6. The molecule has 22 heavy (non-hydrogen) atoms. The monoisotopic (exact) mass is 337 g/mol. The van der Waals surface area contributed by atoms with Crippen molar-refractivity contribution in [2.24, 2.45) is 0 Å². The number of aryl methyl sites for hydroxylation is 1. The third-order valence-corrected chi connectivity index (χ3v) is 4.47. The molecule has 0 spiro atoms. The SMILES string of the molecule is CSCc1nnc(SCC(=O)N(C)Cc2ccccc2C)o1. The van der Waals surface area contributed by atoms with Gasteiger partial charge in [-0.1, -0.05) is 36.0 Å². The number of nitrogens with zero attached hydrogens (tertiary/aromatic N) is 3. The maximum absolute atomic E-state index is 12.2. The Labute approximate surface area is 138 Å². The van der Waals surface area contributed by atoms with E-state index in [4.69, 9.17) is 4.42 Å². The van der Waals surface area contributed by atoms with Gasteiger partial charge in [-0.15, -0.1) is 10.2 Å². The van der Waals surface area contributed by atoms with Crippen molar-refractivity contribution in [2.75, 3.05) is 19.1 Å². The number of hydrogen-bond donors (Lipinski definition) is 0. The maximum Gasteiger partial charge on any atom is 0.277 e. The second-order valence-electron chi connectivity index (χ2n) is 4.86. The Hall–Kier alpha value is -1.47. The number of thioether (sulfide) groups is 2. The lowest BCUT2D eigenvalue weighted by molar-refractivity contribution is -0.127. The molecule has 2 rings (SSSR count). The Morgan fingerprint density at radius 2 is 2.09 bits per heavy atom. The number of amides is 1. The molecule has 0 aliphatic heterocycles. The van der Waals surface area contributed by atoms with Gasteiger partial charge in [0.1, 0.15) is 0 Å². The molecule has 2 aromatic rings. The summed E-state index contributed by atoms with van der Waals surface area (Å²) >= 11 is 2.90. The van der Waals surface area contributed by atoms with E-state index in [1.54, 1.807) is 16.7 Å². The number of benzene rings is 1. The predicted molar refractivity (Wildman–Crippen MR) is 89.9 cm³/mol. The highest BCUT2D eigenvalue weighted by atomic mass is 32.2. The van der Waals surface area contributed by atoms with Crippen LogP contribution in [0.4, 0.5) is 0 Å². The fourth-order valence-corrected chi connectivity index (χ4v) is 2.93. The summed E-state index contributed by atoms with van der Waals surface area (Å²) in [5, 5.41) is 8.30. The molecular weight excluding hydrogens is 318 g/mol. The van der Waals surface area contributed by atoms with Crippen molar-refractivity contribution >= 4 is 29.4 Å². The van der Waals surface area contributed by atoms with Crippen LogP contribution in [0.15, 0.2) is 33.9 Å². The minimum Gasteiger partial charge on any atom is -0.415 e. The minimum atomic E-state index is 0.0397. The summed E-state index contributed by atoms with van der Waals surface area (Å²) < 4.78 is 5.44. The van der Waals surface area contributed by atoms with Gasteiger partial charge in [0.05, 0.1) is 11.5 Å². The van der Waals surface area contributed by atoms with Crippen molar-refractivity contribution in [3.63, 3.8) is 0 Å². The first kappa shape index (κ1) is 16.9. The number of carbonyl (C=O) groups is 1. The lowest BCUT2D eigenvalue weighted by atomic mass is 10.1. The van der Waals surface area contributed by atoms with Gasteiger partial charge < -0.3 is 9.32 Å². The zero-order valence-electron chi connectivity index (χ0n) is 12.9. The van der Waals surface area contributed by atoms with E-state index in [0.717, 1.165) is 5.56 Å². The van der Waals surface area contributed by atoms with E-state index in [2.05, 4.69) is 10.2 Å². The zero-order chi connectivity index (χ0) is 15.9. The van der Waals surface area contributed by atoms with E-state index in [1.165, 1.54) is 17.3 Å². The van der Waals surface area contributed by atoms with Gasteiger partial charge in [-0.25, -0.2) is 0 Å². The first-order valence-corrected chi connectivity index (χ1v) is 9.20. The molecule has 7 heteroatoms. The van der Waals surface area contributed by atoms with Crippen LogP contribution in [0.3, 0.4) is 0 Å². The van der Waals surface area contributed by atoms with E-state index < -0.39 is 0 Å². The first-order chi connectivity index (χ1) is 10.6. The molecule has 0 fully saturated rings. The van der Waals surface area contributed by atoms with E-state index >= 15 is 0 Å². The van der Waals surface area contributed by atoms with Crippen LogP contribution in [0, 0.1) is 6.92 Å². The third-order valence-electron chi connectivity index (χ3n) is 3.13. The Kier molecular flexibility index (Phi) is 6.33. The Morgan fingerprint density at radius 3 is 2.82 bits per heavy atom. The zero-order valence-corrected chi connectivity index (χ0v) is 14.5. The summed E-state index contributed by atoms with van der Waals surface area (Å²) in [5.74, 6) is 1.62. The molecule has 0 atom stereocenters. The van der Waals surface area contributed by atoms with E-state index in [1.807, 2.05) is 44.5 Å².